The van der Waals surface area contributed by atoms with Crippen LogP contribution in [0, 0.1) is 5.92 Å². The summed E-state index contributed by atoms with van der Waals surface area (Å²) in [6.07, 6.45) is 4.09. The Kier molecular flexibility index (Phi) is 8.72. The Bertz CT molecular complexity index is 522. The van der Waals surface area contributed by atoms with Crippen molar-refractivity contribution in [2.45, 2.75) is 52.2 Å². The van der Waals surface area contributed by atoms with Crippen molar-refractivity contribution < 1.29 is 9.90 Å². The van der Waals surface area contributed by atoms with Crippen LogP contribution in [0.3, 0.4) is 0 Å². The van der Waals surface area contributed by atoms with Crippen molar-refractivity contribution in [1.29, 1.82) is 0 Å². The van der Waals surface area contributed by atoms with E-state index in [1.54, 1.807) is 11.9 Å². The average molecular weight is 332 g/mol. The first-order valence-electron chi connectivity index (χ1n) is 8.83. The number of likely N-dealkylation sites (N-methyl/N-ethyl adjacent to an activating group) is 1. The van der Waals surface area contributed by atoms with Gasteiger partial charge < -0.3 is 15.7 Å². The lowest BCUT2D eigenvalue weighted by Gasteiger charge is -2.31. The number of nitrogens with zero attached hydrogens (tertiary/aromatic N) is 1. The molecule has 0 spiro atoms. The Morgan fingerprint density at radius 2 is 1.83 bits per heavy atom. The van der Waals surface area contributed by atoms with Gasteiger partial charge >= 0.3 is 0 Å². The maximum atomic E-state index is 12.7. The number of rotatable bonds is 9. The van der Waals surface area contributed by atoms with Gasteiger partial charge in [0, 0.05) is 13.6 Å². The van der Waals surface area contributed by atoms with E-state index in [0.717, 1.165) is 18.4 Å². The third-order valence-electron chi connectivity index (χ3n) is 4.79. The fraction of sp³-hybridized carbons (Fsp3) is 0.550. The van der Waals surface area contributed by atoms with Gasteiger partial charge in [0.25, 0.3) is 0 Å². The molecule has 3 N–H and O–H groups in total. The van der Waals surface area contributed by atoms with Crippen LogP contribution in [0.15, 0.2) is 42.0 Å². The molecule has 1 aromatic carbocycles. The topological polar surface area (TPSA) is 66.6 Å². The lowest BCUT2D eigenvalue weighted by atomic mass is 9.97. The average Bonchev–Trinajstić information content (AvgIpc) is 2.63. The molecule has 134 valence electrons. The van der Waals surface area contributed by atoms with Crippen molar-refractivity contribution in [3.8, 4) is 0 Å². The predicted octanol–water partition coefficient (Wildman–Crippen LogP) is 3.28. The van der Waals surface area contributed by atoms with Gasteiger partial charge in [0.1, 0.15) is 0 Å². The zero-order chi connectivity index (χ0) is 18.1. The molecule has 1 unspecified atom stereocenters. The highest BCUT2D eigenvalue weighted by Crippen LogP contribution is 2.22. The molecule has 0 aliphatic rings. The van der Waals surface area contributed by atoms with Gasteiger partial charge in [-0.2, -0.15) is 0 Å². The quantitative estimate of drug-likeness (QED) is 0.682. The maximum absolute atomic E-state index is 12.7. The number of carbonyl (C=O) groups is 1. The molecule has 0 bridgehead atoms. The molecule has 1 aromatic rings. The molecule has 24 heavy (non-hydrogen) atoms. The highest BCUT2D eigenvalue weighted by atomic mass is 16.3. The van der Waals surface area contributed by atoms with Crippen molar-refractivity contribution in [3.63, 3.8) is 0 Å². The third kappa shape index (κ3) is 5.46. The van der Waals surface area contributed by atoms with E-state index >= 15 is 0 Å². The van der Waals surface area contributed by atoms with Crippen molar-refractivity contribution in [2.75, 3.05) is 13.6 Å². The van der Waals surface area contributed by atoms with Crippen LogP contribution in [0.25, 0.3) is 0 Å². The van der Waals surface area contributed by atoms with Gasteiger partial charge in [-0.15, -0.1) is 0 Å². The number of allylic oxidation sites excluding steroid dienone is 2. The van der Waals surface area contributed by atoms with E-state index < -0.39 is 6.10 Å². The summed E-state index contributed by atoms with van der Waals surface area (Å²) in [6.45, 7) is 6.43. The van der Waals surface area contributed by atoms with E-state index in [1.807, 2.05) is 37.3 Å². The second kappa shape index (κ2) is 10.3. The first-order chi connectivity index (χ1) is 11.5. The summed E-state index contributed by atoms with van der Waals surface area (Å²) < 4.78 is 0. The van der Waals surface area contributed by atoms with E-state index in [2.05, 4.69) is 19.9 Å². The SMILES string of the molecule is CCC(=CC[C@@H](CN)C(=O)N(C)[C@@H](C)C(O)c1ccccc1)CC. The van der Waals surface area contributed by atoms with E-state index in [0.29, 0.717) is 13.0 Å². The molecule has 0 fully saturated rings. The largest absolute Gasteiger partial charge is 0.386 e. The number of nitrogens with two attached hydrogens (primary N) is 1. The summed E-state index contributed by atoms with van der Waals surface area (Å²) in [5.41, 5.74) is 7.99. The molecular formula is C20H32N2O2. The minimum Gasteiger partial charge on any atom is -0.386 e. The van der Waals surface area contributed by atoms with Crippen molar-refractivity contribution in [1.82, 2.24) is 4.90 Å². The predicted molar refractivity (Wildman–Crippen MR) is 99.5 cm³/mol. The lowest BCUT2D eigenvalue weighted by molar-refractivity contribution is -0.137. The molecule has 4 heteroatoms. The summed E-state index contributed by atoms with van der Waals surface area (Å²) in [5.74, 6) is -0.253. The van der Waals surface area contributed by atoms with Gasteiger partial charge in [0.2, 0.25) is 5.91 Å². The first kappa shape index (κ1) is 20.4. The summed E-state index contributed by atoms with van der Waals surface area (Å²) in [4.78, 5) is 14.4. The summed E-state index contributed by atoms with van der Waals surface area (Å²) in [5, 5.41) is 10.5. The number of aliphatic hydroxyl groups excluding tert-OH is 1. The number of hydrogen-bond donors (Lipinski definition) is 2. The molecule has 0 radical (unpaired) electrons. The number of aliphatic hydroxyl groups is 1. The Hall–Kier alpha value is -1.65. The monoisotopic (exact) mass is 332 g/mol. The second-order valence-corrected chi connectivity index (χ2v) is 6.28. The van der Waals surface area contributed by atoms with Crippen LogP contribution < -0.4 is 5.73 Å². The molecule has 1 amide bonds. The number of benzene rings is 1. The molecule has 0 saturated heterocycles. The molecule has 3 atom stereocenters. The van der Waals surface area contributed by atoms with Crippen LogP contribution >= 0.6 is 0 Å². The molecule has 0 aliphatic carbocycles. The van der Waals surface area contributed by atoms with Gasteiger partial charge in [-0.05, 0) is 31.7 Å². The van der Waals surface area contributed by atoms with E-state index in [9.17, 15) is 9.90 Å². The van der Waals surface area contributed by atoms with E-state index in [4.69, 9.17) is 5.73 Å². The van der Waals surface area contributed by atoms with Crippen LogP contribution in [0.1, 0.15) is 51.7 Å². The standard InChI is InChI=1S/C20H32N2O2/c1-5-16(6-2)12-13-18(14-21)20(24)22(4)15(3)19(23)17-10-8-7-9-11-17/h7-12,15,18-19,23H,5-6,13-14,21H2,1-4H3/t15-,18-,19?/m0/s1. The Morgan fingerprint density at radius 3 is 2.33 bits per heavy atom. The van der Waals surface area contributed by atoms with Crippen LogP contribution in [0.2, 0.25) is 0 Å². The van der Waals surface area contributed by atoms with Gasteiger partial charge in [-0.25, -0.2) is 0 Å². The van der Waals surface area contributed by atoms with Crippen LogP contribution in [-0.4, -0.2) is 35.5 Å². The first-order valence-corrected chi connectivity index (χ1v) is 8.83. The highest BCUT2D eigenvalue weighted by molar-refractivity contribution is 5.79. The fourth-order valence-electron chi connectivity index (χ4n) is 2.77. The zero-order valence-corrected chi connectivity index (χ0v) is 15.4. The molecule has 0 aromatic heterocycles. The molecule has 0 saturated carbocycles. The molecular weight excluding hydrogens is 300 g/mol. The lowest BCUT2D eigenvalue weighted by Crippen LogP contribution is -2.44. The van der Waals surface area contributed by atoms with E-state index in [-0.39, 0.29) is 17.9 Å². The van der Waals surface area contributed by atoms with Gasteiger partial charge in [-0.1, -0.05) is 55.8 Å². The number of amides is 1. The third-order valence-corrected chi connectivity index (χ3v) is 4.79. The summed E-state index contributed by atoms with van der Waals surface area (Å²) >= 11 is 0. The summed E-state index contributed by atoms with van der Waals surface area (Å²) in [7, 11) is 1.74. The molecule has 0 aliphatic heterocycles. The normalized spacial score (nSPS) is 14.6. The highest BCUT2D eigenvalue weighted by Gasteiger charge is 2.28. The smallest absolute Gasteiger partial charge is 0.227 e. The maximum Gasteiger partial charge on any atom is 0.227 e. The van der Waals surface area contributed by atoms with Crippen LogP contribution in [0.5, 0.6) is 0 Å². The Morgan fingerprint density at radius 1 is 1.25 bits per heavy atom. The van der Waals surface area contributed by atoms with Crippen molar-refractivity contribution >= 4 is 5.91 Å². The van der Waals surface area contributed by atoms with Crippen LogP contribution in [-0.2, 0) is 4.79 Å². The second-order valence-electron chi connectivity index (χ2n) is 6.28. The molecule has 4 nitrogen and oxygen atoms in total. The Balaban J connectivity index is 2.78. The fourth-order valence-corrected chi connectivity index (χ4v) is 2.77. The Labute approximate surface area is 146 Å². The summed E-state index contributed by atoms with van der Waals surface area (Å²) in [6, 6.07) is 9.12. The molecule has 1 rings (SSSR count). The minimum atomic E-state index is -0.712. The van der Waals surface area contributed by atoms with Gasteiger partial charge in [0.05, 0.1) is 18.1 Å². The van der Waals surface area contributed by atoms with Crippen molar-refractivity contribution in [3.05, 3.63) is 47.5 Å². The van der Waals surface area contributed by atoms with Gasteiger partial charge in [-0.3, -0.25) is 4.79 Å². The number of hydrogen-bond acceptors (Lipinski definition) is 3. The van der Waals surface area contributed by atoms with Gasteiger partial charge in [0.15, 0.2) is 0 Å². The van der Waals surface area contributed by atoms with Crippen molar-refractivity contribution in [2.24, 2.45) is 11.7 Å². The van der Waals surface area contributed by atoms with E-state index in [1.165, 1.54) is 5.57 Å². The van der Waals surface area contributed by atoms with Crippen LogP contribution in [0.4, 0.5) is 0 Å². The zero-order valence-electron chi connectivity index (χ0n) is 15.4. The minimum absolute atomic E-state index is 0.0113. The molecule has 0 heterocycles. The number of carbonyl (C=O) groups excluding carboxylic acids is 1.